The lowest BCUT2D eigenvalue weighted by Gasteiger charge is -2.14. The molecule has 0 saturated carbocycles. The monoisotopic (exact) mass is 451 g/mol. The normalized spacial score (nSPS) is 17.1. The van der Waals surface area contributed by atoms with E-state index in [1.165, 1.54) is 0 Å². The molecule has 0 bridgehead atoms. The van der Waals surface area contributed by atoms with Gasteiger partial charge in [0.25, 0.3) is 11.8 Å². The number of hydrogen-bond acceptors (Lipinski definition) is 11. The zero-order valence-corrected chi connectivity index (χ0v) is 17.0. The van der Waals surface area contributed by atoms with Gasteiger partial charge < -0.3 is 28.3 Å². The first-order valence-electron chi connectivity index (χ1n) is 8.94. The Morgan fingerprint density at radius 3 is 2.10 bits per heavy atom. The number of ether oxygens (including phenoxy) is 4. The first-order valence-corrected chi connectivity index (χ1v) is 10.1. The molecule has 0 radical (unpaired) electrons. The lowest BCUT2D eigenvalue weighted by atomic mass is 10.4. The Morgan fingerprint density at radius 2 is 1.60 bits per heavy atom. The van der Waals surface area contributed by atoms with Gasteiger partial charge in [-0.3, -0.25) is 13.8 Å². The summed E-state index contributed by atoms with van der Waals surface area (Å²) >= 11 is -2.76. The third-order valence-corrected chi connectivity index (χ3v) is 4.29. The average Bonchev–Trinajstić information content (AvgIpc) is 2.99. The molecule has 2 amide bonds. The van der Waals surface area contributed by atoms with Gasteiger partial charge in [0.2, 0.25) is 0 Å². The number of carbonyl (C=O) groups excluding carboxylic acids is 3. The molecular weight excluding hydrogens is 428 g/mol. The number of carbonyl (C=O) groups is 3. The Hall–Kier alpha value is -2.13. The van der Waals surface area contributed by atoms with Gasteiger partial charge in [-0.15, -0.1) is 5.06 Å². The van der Waals surface area contributed by atoms with E-state index in [4.69, 9.17) is 24.5 Å². The van der Waals surface area contributed by atoms with E-state index in [0.717, 1.165) is 0 Å². The number of hydroxylamine groups is 2. The molecule has 15 heteroatoms. The molecule has 0 spiro atoms. The van der Waals surface area contributed by atoms with Crippen molar-refractivity contribution in [2.75, 3.05) is 59.4 Å². The molecule has 170 valence electrons. The number of nitrogens with zero attached hydrogens (tertiary/aromatic N) is 4. The van der Waals surface area contributed by atoms with Crippen LogP contribution in [0.1, 0.15) is 12.8 Å². The first-order chi connectivity index (χ1) is 14.5. The molecule has 1 saturated heterocycles. The molecular formula is C15H23N4O10S-. The summed E-state index contributed by atoms with van der Waals surface area (Å²) in [5.74, 6) is -2.87. The van der Waals surface area contributed by atoms with Crippen LogP contribution in [-0.4, -0.2) is 96.3 Å². The maximum absolute atomic E-state index is 11.7. The quantitative estimate of drug-likeness (QED) is 0.0677. The van der Waals surface area contributed by atoms with Crippen molar-refractivity contribution in [3.8, 4) is 0 Å². The van der Waals surface area contributed by atoms with E-state index in [1.54, 1.807) is 0 Å². The van der Waals surface area contributed by atoms with Crippen molar-refractivity contribution in [3.63, 3.8) is 0 Å². The fourth-order valence-electron chi connectivity index (χ4n) is 2.04. The summed E-state index contributed by atoms with van der Waals surface area (Å²) in [7, 11) is 0. The summed E-state index contributed by atoms with van der Waals surface area (Å²) in [5, 5.41) is 1.96. The predicted molar refractivity (Wildman–Crippen MR) is 97.2 cm³/mol. The highest BCUT2D eigenvalue weighted by Crippen LogP contribution is 2.17. The third-order valence-electron chi connectivity index (χ3n) is 3.45. The van der Waals surface area contributed by atoms with Crippen LogP contribution in [-0.2, 0) is 49.2 Å². The molecule has 1 aliphatic heterocycles. The Bertz CT molecular complexity index is 643. The Morgan fingerprint density at radius 1 is 1.07 bits per heavy atom. The van der Waals surface area contributed by atoms with Crippen molar-refractivity contribution in [1.29, 1.82) is 0 Å². The zero-order valence-electron chi connectivity index (χ0n) is 16.1. The Labute approximate surface area is 174 Å². The van der Waals surface area contributed by atoms with Crippen molar-refractivity contribution in [3.05, 3.63) is 10.4 Å². The second kappa shape index (κ2) is 15.7. The van der Waals surface area contributed by atoms with Gasteiger partial charge in [-0.2, -0.15) is 0 Å². The molecule has 2 atom stereocenters. The topological polar surface area (TPSA) is 189 Å². The Kier molecular flexibility index (Phi) is 13.5. The highest BCUT2D eigenvalue weighted by atomic mass is 32.2. The van der Waals surface area contributed by atoms with E-state index in [2.05, 4.69) is 14.9 Å². The fraction of sp³-hybridized carbons (Fsp3) is 0.800. The minimum absolute atomic E-state index is 0.0288. The maximum Gasteiger partial charge on any atom is 0.335 e. The number of imide groups is 1. The van der Waals surface area contributed by atoms with Crippen LogP contribution in [0.4, 0.5) is 0 Å². The highest BCUT2D eigenvalue weighted by Gasteiger charge is 2.42. The molecule has 0 aromatic carbocycles. The van der Waals surface area contributed by atoms with Gasteiger partial charge >= 0.3 is 5.97 Å². The summed E-state index contributed by atoms with van der Waals surface area (Å²) in [6.45, 7) is 2.51. The fourth-order valence-corrected chi connectivity index (χ4v) is 2.58. The minimum Gasteiger partial charge on any atom is -0.772 e. The molecule has 1 aliphatic rings. The summed E-state index contributed by atoms with van der Waals surface area (Å²) in [6, 6.07) is 0. The van der Waals surface area contributed by atoms with Gasteiger partial charge in [-0.05, 0) is 16.6 Å². The van der Waals surface area contributed by atoms with E-state index in [0.29, 0.717) is 33.0 Å². The van der Waals surface area contributed by atoms with Gasteiger partial charge in [-0.25, -0.2) is 4.79 Å². The largest absolute Gasteiger partial charge is 0.772 e. The summed E-state index contributed by atoms with van der Waals surface area (Å²) in [5.41, 5.74) is 8.07. The number of amides is 2. The second-order valence-electron chi connectivity index (χ2n) is 5.60. The smallest absolute Gasteiger partial charge is 0.335 e. The van der Waals surface area contributed by atoms with Crippen molar-refractivity contribution in [2.45, 2.75) is 18.1 Å². The molecule has 14 nitrogen and oxygen atoms in total. The van der Waals surface area contributed by atoms with Crippen LogP contribution in [0.25, 0.3) is 10.4 Å². The molecule has 0 N–H and O–H groups in total. The van der Waals surface area contributed by atoms with Crippen LogP contribution in [0.15, 0.2) is 5.11 Å². The summed E-state index contributed by atoms with van der Waals surface area (Å²) < 4.78 is 42.4. The van der Waals surface area contributed by atoms with Gasteiger partial charge in [0, 0.05) is 11.5 Å². The van der Waals surface area contributed by atoms with Crippen molar-refractivity contribution >= 4 is 28.9 Å². The van der Waals surface area contributed by atoms with Crippen LogP contribution in [0.3, 0.4) is 0 Å². The van der Waals surface area contributed by atoms with E-state index in [1.807, 2.05) is 0 Å². The molecule has 0 aromatic rings. The first kappa shape index (κ1) is 25.9. The highest BCUT2D eigenvalue weighted by molar-refractivity contribution is 7.80. The molecule has 0 aliphatic carbocycles. The van der Waals surface area contributed by atoms with Gasteiger partial charge in [0.05, 0.1) is 65.7 Å². The molecule has 1 heterocycles. The Balaban J connectivity index is 1.94. The minimum atomic E-state index is -2.76. The van der Waals surface area contributed by atoms with E-state index >= 15 is 0 Å². The number of rotatable bonds is 17. The molecule has 1 rings (SSSR count). The van der Waals surface area contributed by atoms with E-state index in [9.17, 15) is 23.1 Å². The summed E-state index contributed by atoms with van der Waals surface area (Å²) in [6.07, 6.45) is -0.783. The zero-order chi connectivity index (χ0) is 22.2. The molecule has 2 unspecified atom stereocenters. The molecule has 0 aromatic heterocycles. The van der Waals surface area contributed by atoms with Gasteiger partial charge in [0.1, 0.15) is 5.25 Å². The number of azide groups is 1. The van der Waals surface area contributed by atoms with Crippen LogP contribution in [0, 0.1) is 0 Å². The third kappa shape index (κ3) is 10.6. The van der Waals surface area contributed by atoms with E-state index < -0.39 is 40.5 Å². The maximum atomic E-state index is 11.7. The summed E-state index contributed by atoms with van der Waals surface area (Å²) in [4.78, 5) is 42.0. The van der Waals surface area contributed by atoms with Crippen molar-refractivity contribution in [2.24, 2.45) is 5.11 Å². The second-order valence-corrected chi connectivity index (χ2v) is 6.69. The standard InChI is InChI=1S/C15H24N4O10S/c16-18-17-2-4-26-6-8-28-10-9-27-7-5-25-3-1-14(21)29-19-13(20)11-12(15(19)22)30(23)24/h12H,1-11H2,(H,23,24)/p-1. The lowest BCUT2D eigenvalue weighted by molar-refractivity contribution is -0.198. The average molecular weight is 451 g/mol. The van der Waals surface area contributed by atoms with Crippen LogP contribution >= 0.6 is 0 Å². The predicted octanol–water partition coefficient (Wildman–Crippen LogP) is -0.782. The van der Waals surface area contributed by atoms with Gasteiger partial charge in [0.15, 0.2) is 0 Å². The van der Waals surface area contributed by atoms with Crippen molar-refractivity contribution in [1.82, 2.24) is 5.06 Å². The molecule has 30 heavy (non-hydrogen) atoms. The number of hydrogen-bond donors (Lipinski definition) is 0. The molecule has 1 fully saturated rings. The van der Waals surface area contributed by atoms with Crippen LogP contribution in [0.2, 0.25) is 0 Å². The van der Waals surface area contributed by atoms with Crippen LogP contribution in [0.5, 0.6) is 0 Å². The van der Waals surface area contributed by atoms with Gasteiger partial charge in [-0.1, -0.05) is 5.11 Å². The van der Waals surface area contributed by atoms with Crippen LogP contribution < -0.4 is 0 Å². The lowest BCUT2D eigenvalue weighted by Crippen LogP contribution is -2.35. The van der Waals surface area contributed by atoms with Crippen molar-refractivity contribution < 1.29 is 46.9 Å². The SMILES string of the molecule is [N-]=[N+]=NCCOCCOCCOCCOCCC(=O)ON1C(=O)CC(S(=O)[O-])C1=O. The van der Waals surface area contributed by atoms with E-state index in [-0.39, 0.29) is 37.8 Å².